The van der Waals surface area contributed by atoms with Crippen LogP contribution in [0.5, 0.6) is 0 Å². The van der Waals surface area contributed by atoms with Crippen LogP contribution in [-0.2, 0) is 0 Å². The number of rotatable bonds is 1. The van der Waals surface area contributed by atoms with E-state index >= 15 is 0 Å². The highest BCUT2D eigenvalue weighted by Gasteiger charge is 2.00. The second kappa shape index (κ2) is 3.89. The van der Waals surface area contributed by atoms with Gasteiger partial charge in [-0.3, -0.25) is 4.98 Å². The van der Waals surface area contributed by atoms with Gasteiger partial charge in [-0.15, -0.1) is 0 Å². The fourth-order valence-corrected chi connectivity index (χ4v) is 2.35. The van der Waals surface area contributed by atoms with Gasteiger partial charge >= 0.3 is 0 Å². The van der Waals surface area contributed by atoms with Gasteiger partial charge in [0.15, 0.2) is 0 Å². The van der Waals surface area contributed by atoms with Gasteiger partial charge in [-0.1, -0.05) is 14.3 Å². The summed E-state index contributed by atoms with van der Waals surface area (Å²) >= 11 is 0. The third-order valence-electron chi connectivity index (χ3n) is 2.30. The average molecular weight is 201 g/mol. The van der Waals surface area contributed by atoms with Crippen LogP contribution >= 0.6 is 8.19 Å². The molecule has 0 atom stereocenters. The Morgan fingerprint density at radius 1 is 1.14 bits per heavy atom. The van der Waals surface area contributed by atoms with Crippen molar-refractivity contribution in [1.82, 2.24) is 4.98 Å². The number of hydrogen-bond donors (Lipinski definition) is 0. The Bertz CT molecular complexity index is 437. The lowest BCUT2D eigenvalue weighted by Crippen LogP contribution is -1.82. The maximum absolute atomic E-state index is 4.34. The minimum absolute atomic E-state index is 1.08. The number of pyridine rings is 1. The van der Waals surface area contributed by atoms with Crippen LogP contribution in [0.15, 0.2) is 36.3 Å². The number of aromatic nitrogens is 1. The Balaban J connectivity index is 2.48. The van der Waals surface area contributed by atoms with Crippen molar-refractivity contribution in [2.24, 2.45) is 0 Å². The molecule has 2 heteroatoms. The van der Waals surface area contributed by atoms with E-state index in [-0.39, 0.29) is 0 Å². The summed E-state index contributed by atoms with van der Waals surface area (Å²) in [5.74, 6) is 2.24. The molecule has 0 bridgehead atoms. The fraction of sp³-hybridized carbons (Fsp3) is 0.167. The third-order valence-corrected chi connectivity index (χ3v) is 3.45. The molecule has 0 saturated heterocycles. The third kappa shape index (κ3) is 1.83. The molecule has 0 unspecified atom stereocenters. The first-order chi connectivity index (χ1) is 6.77. The molecule has 2 heterocycles. The van der Waals surface area contributed by atoms with Crippen LogP contribution in [0.3, 0.4) is 0 Å². The van der Waals surface area contributed by atoms with Gasteiger partial charge in [0.05, 0.1) is 5.69 Å². The molecule has 0 aliphatic rings. The zero-order valence-electron chi connectivity index (χ0n) is 8.36. The van der Waals surface area contributed by atoms with Crippen LogP contribution in [0, 0.1) is 13.8 Å². The van der Waals surface area contributed by atoms with Gasteiger partial charge in [0, 0.05) is 11.5 Å². The van der Waals surface area contributed by atoms with Crippen LogP contribution in [0.1, 0.15) is 11.1 Å². The van der Waals surface area contributed by atoms with Gasteiger partial charge in [-0.05, 0) is 49.0 Å². The highest BCUT2D eigenvalue weighted by atomic mass is 31.0. The van der Waals surface area contributed by atoms with E-state index in [9.17, 15) is 0 Å². The van der Waals surface area contributed by atoms with Gasteiger partial charge in [0.1, 0.15) is 0 Å². The van der Waals surface area contributed by atoms with Gasteiger partial charge in [-0.2, -0.15) is 0 Å². The predicted molar refractivity (Wildman–Crippen MR) is 61.7 cm³/mol. The first-order valence-electron chi connectivity index (χ1n) is 4.62. The summed E-state index contributed by atoms with van der Waals surface area (Å²) in [5, 5.41) is 1.29. The van der Waals surface area contributed by atoms with Crippen molar-refractivity contribution in [2.45, 2.75) is 13.8 Å². The molecule has 0 aliphatic heterocycles. The molecule has 0 aromatic carbocycles. The highest BCUT2D eigenvalue weighted by Crippen LogP contribution is 2.28. The molecule has 0 spiro atoms. The monoisotopic (exact) mass is 201 g/mol. The first-order valence-corrected chi connectivity index (χ1v) is 5.58. The molecule has 0 amide bonds. The first kappa shape index (κ1) is 9.36. The van der Waals surface area contributed by atoms with E-state index in [1.165, 1.54) is 24.6 Å². The van der Waals surface area contributed by atoms with Crippen molar-refractivity contribution in [2.75, 3.05) is 0 Å². The summed E-state index contributed by atoms with van der Waals surface area (Å²) in [7, 11) is 1.25. The van der Waals surface area contributed by atoms with Crippen molar-refractivity contribution in [3.8, 4) is 11.0 Å². The Hall–Kier alpha value is -1.20. The standard InChI is InChI=1S/C12H12NP/c1-9-7-12(14-8-10(9)2)11-5-3-4-6-13-11/h3-8H,1-2H3. The van der Waals surface area contributed by atoms with Crippen molar-refractivity contribution < 1.29 is 0 Å². The lowest BCUT2D eigenvalue weighted by atomic mass is 10.2. The molecule has 0 fully saturated rings. The van der Waals surface area contributed by atoms with Crippen molar-refractivity contribution in [1.29, 1.82) is 0 Å². The Kier molecular flexibility index (Phi) is 2.60. The Morgan fingerprint density at radius 3 is 2.64 bits per heavy atom. The van der Waals surface area contributed by atoms with Gasteiger partial charge in [0.25, 0.3) is 0 Å². The van der Waals surface area contributed by atoms with Gasteiger partial charge in [-0.25, -0.2) is 0 Å². The molecule has 2 aromatic heterocycles. The second-order valence-electron chi connectivity index (χ2n) is 3.37. The molecule has 2 rings (SSSR count). The van der Waals surface area contributed by atoms with Crippen LogP contribution in [-0.4, -0.2) is 4.98 Å². The molecule has 0 saturated carbocycles. The van der Waals surface area contributed by atoms with E-state index in [2.05, 4.69) is 36.8 Å². The summed E-state index contributed by atoms with van der Waals surface area (Å²) in [4.78, 5) is 4.34. The van der Waals surface area contributed by atoms with Crippen LogP contribution < -0.4 is 0 Å². The number of hydrogen-bond acceptors (Lipinski definition) is 1. The van der Waals surface area contributed by atoms with Crippen molar-refractivity contribution >= 4 is 8.19 Å². The number of aryl methyl sites for hydroxylation is 2. The zero-order chi connectivity index (χ0) is 9.97. The minimum Gasteiger partial charge on any atom is -0.256 e. The lowest BCUT2D eigenvalue weighted by Gasteiger charge is -2.03. The van der Waals surface area contributed by atoms with E-state index in [1.807, 2.05) is 18.3 Å². The van der Waals surface area contributed by atoms with E-state index < -0.39 is 0 Å². The van der Waals surface area contributed by atoms with Crippen molar-refractivity contribution in [3.05, 3.63) is 47.4 Å². The molecule has 0 N–H and O–H groups in total. The average Bonchev–Trinajstić information content (AvgIpc) is 2.23. The fourth-order valence-electron chi connectivity index (χ4n) is 1.28. The summed E-state index contributed by atoms with van der Waals surface area (Å²) in [6, 6.07) is 8.25. The molecular formula is C12H12NP. The molecule has 70 valence electrons. The maximum atomic E-state index is 4.34. The Morgan fingerprint density at radius 2 is 2.00 bits per heavy atom. The van der Waals surface area contributed by atoms with Crippen LogP contribution in [0.4, 0.5) is 0 Å². The summed E-state index contributed by atoms with van der Waals surface area (Å²) < 4.78 is 0. The second-order valence-corrected chi connectivity index (χ2v) is 4.37. The van der Waals surface area contributed by atoms with Crippen LogP contribution in [0.2, 0.25) is 0 Å². The molecule has 1 nitrogen and oxygen atoms in total. The van der Waals surface area contributed by atoms with E-state index in [0.717, 1.165) is 5.69 Å². The molecule has 2 aromatic rings. The Labute approximate surface area is 85.9 Å². The van der Waals surface area contributed by atoms with Crippen LogP contribution in [0.25, 0.3) is 11.0 Å². The lowest BCUT2D eigenvalue weighted by molar-refractivity contribution is 1.32. The van der Waals surface area contributed by atoms with Crippen molar-refractivity contribution in [3.63, 3.8) is 0 Å². The largest absolute Gasteiger partial charge is 0.256 e. The van der Waals surface area contributed by atoms with E-state index in [4.69, 9.17) is 0 Å². The molecular weight excluding hydrogens is 189 g/mol. The highest BCUT2D eigenvalue weighted by molar-refractivity contribution is 7.33. The van der Waals surface area contributed by atoms with Gasteiger partial charge < -0.3 is 0 Å². The topological polar surface area (TPSA) is 12.9 Å². The smallest absolute Gasteiger partial charge is 0.0747 e. The molecule has 0 aliphatic carbocycles. The van der Waals surface area contributed by atoms with E-state index in [1.54, 1.807) is 0 Å². The summed E-state index contributed by atoms with van der Waals surface area (Å²) in [6.45, 7) is 4.29. The summed E-state index contributed by atoms with van der Waals surface area (Å²) in [5.41, 5.74) is 3.79. The quantitative estimate of drug-likeness (QED) is 0.680. The van der Waals surface area contributed by atoms with Gasteiger partial charge in [0.2, 0.25) is 0 Å². The summed E-state index contributed by atoms with van der Waals surface area (Å²) in [6.07, 6.45) is 1.84. The predicted octanol–water partition coefficient (Wildman–Crippen LogP) is 3.95. The molecule has 14 heavy (non-hydrogen) atoms. The zero-order valence-corrected chi connectivity index (χ0v) is 9.25. The van der Waals surface area contributed by atoms with E-state index in [0.29, 0.717) is 0 Å². The maximum Gasteiger partial charge on any atom is 0.0747 e. The minimum atomic E-state index is 1.08. The SMILES string of the molecule is Cc1cpc(-c2ccccn2)cc1C. The number of nitrogens with zero attached hydrogens (tertiary/aromatic N) is 1. The molecule has 0 radical (unpaired) electrons. The normalized spacial score (nSPS) is 10.7.